The van der Waals surface area contributed by atoms with Gasteiger partial charge in [0, 0.05) is 47.5 Å². The Hall–Kier alpha value is -2.52. The van der Waals surface area contributed by atoms with Gasteiger partial charge in [0.2, 0.25) is 11.0 Å². The Morgan fingerprint density at radius 3 is 2.53 bits per heavy atom. The molecular weight excluding hydrogens is 562 g/mol. The van der Waals surface area contributed by atoms with Crippen LogP contribution in [0.1, 0.15) is 88.2 Å². The van der Waals surface area contributed by atoms with Crippen molar-refractivity contribution in [3.8, 4) is 16.4 Å². The van der Waals surface area contributed by atoms with Gasteiger partial charge in [0.05, 0.1) is 23.1 Å². The lowest BCUT2D eigenvalue weighted by Crippen LogP contribution is -2.55. The third-order valence-electron chi connectivity index (χ3n) is 7.13. The number of aromatic nitrogens is 3. The molecule has 0 radical (unpaired) electrons. The highest BCUT2D eigenvalue weighted by atomic mass is 79.9. The highest BCUT2D eigenvalue weighted by Crippen LogP contribution is 2.30. The summed E-state index contributed by atoms with van der Waals surface area (Å²) in [6.07, 6.45) is 7.96. The number of halogens is 1. The van der Waals surface area contributed by atoms with Crippen molar-refractivity contribution < 1.29 is 9.59 Å². The van der Waals surface area contributed by atoms with Gasteiger partial charge in [0.25, 0.3) is 5.91 Å². The molecule has 1 aromatic carbocycles. The van der Waals surface area contributed by atoms with Crippen LogP contribution in [-0.2, 0) is 4.79 Å². The number of hydrogen-bond acceptors (Lipinski definition) is 5. The number of piperazine rings is 1. The molecule has 0 N–H and O–H groups in total. The highest BCUT2D eigenvalue weighted by molar-refractivity contribution is 9.10. The van der Waals surface area contributed by atoms with Crippen LogP contribution in [0.25, 0.3) is 16.4 Å². The minimum absolute atomic E-state index is 0.000756. The Bertz CT molecular complexity index is 1240. The molecule has 3 aromatic rings. The molecule has 4 rings (SSSR count). The smallest absolute Gasteiger partial charge is 0.257 e. The lowest BCUT2D eigenvalue weighted by Gasteiger charge is -2.40. The zero-order valence-electron chi connectivity index (χ0n) is 22.8. The van der Waals surface area contributed by atoms with Gasteiger partial charge in [-0.15, -0.1) is 11.3 Å². The number of benzene rings is 1. The predicted octanol–water partition coefficient (Wildman–Crippen LogP) is 6.92. The Labute approximate surface area is 238 Å². The van der Waals surface area contributed by atoms with Crippen LogP contribution in [0.5, 0.6) is 0 Å². The van der Waals surface area contributed by atoms with Crippen LogP contribution >= 0.6 is 27.3 Å². The topological polar surface area (TPSA) is 71.3 Å². The van der Waals surface area contributed by atoms with E-state index in [-0.39, 0.29) is 23.8 Å². The summed E-state index contributed by atoms with van der Waals surface area (Å²) in [7, 11) is 0. The van der Waals surface area contributed by atoms with Gasteiger partial charge in [-0.25, -0.2) is 9.67 Å². The number of carbonyl (C=O) groups is 2. The average molecular weight is 601 g/mol. The summed E-state index contributed by atoms with van der Waals surface area (Å²) in [6.45, 7) is 10.0. The van der Waals surface area contributed by atoms with Crippen molar-refractivity contribution in [3.05, 3.63) is 51.6 Å². The molecule has 1 fully saturated rings. The molecule has 0 bridgehead atoms. The fraction of sp³-hybridized carbons (Fsp3) is 0.517. The first-order valence-corrected chi connectivity index (χ1v) is 15.4. The van der Waals surface area contributed by atoms with Crippen molar-refractivity contribution in [3.63, 3.8) is 0 Å². The molecule has 38 heavy (non-hydrogen) atoms. The Kier molecular flexibility index (Phi) is 9.76. The summed E-state index contributed by atoms with van der Waals surface area (Å²) in [5, 5.41) is 7.37. The molecule has 0 aliphatic carbocycles. The van der Waals surface area contributed by atoms with Crippen LogP contribution in [0.4, 0.5) is 0 Å². The van der Waals surface area contributed by atoms with E-state index in [2.05, 4.69) is 41.8 Å². The maximum absolute atomic E-state index is 13.7. The molecule has 0 saturated carbocycles. The zero-order chi connectivity index (χ0) is 27.2. The maximum Gasteiger partial charge on any atom is 0.257 e. The lowest BCUT2D eigenvalue weighted by molar-refractivity contribution is -0.135. The second-order valence-corrected chi connectivity index (χ2v) is 12.1. The number of thiazole rings is 1. The minimum atomic E-state index is -0.0249. The first kappa shape index (κ1) is 28.5. The summed E-state index contributed by atoms with van der Waals surface area (Å²) >= 11 is 5.00. The molecule has 2 aromatic heterocycles. The molecule has 2 amide bonds. The summed E-state index contributed by atoms with van der Waals surface area (Å²) in [4.78, 5) is 35.1. The molecular formula is C29H38BrN5O2S. The molecule has 1 atom stereocenters. The van der Waals surface area contributed by atoms with Gasteiger partial charge in [-0.3, -0.25) is 9.59 Å². The standard InChI is InChI=1S/C29H38BrN5O2S/c1-5-6-7-8-9-10-26(36)34-16-15-33(18-21(34)4)28(37)24-17-31-35(27(24)20(2)3)29-32-25(19-38-29)22-11-13-23(30)14-12-22/h11-14,17,19-21H,5-10,15-16,18H2,1-4H3. The Morgan fingerprint density at radius 2 is 1.84 bits per heavy atom. The van der Waals surface area contributed by atoms with Crippen LogP contribution in [-0.4, -0.2) is 62.1 Å². The van der Waals surface area contributed by atoms with Crippen molar-refractivity contribution in [1.29, 1.82) is 0 Å². The third kappa shape index (κ3) is 6.54. The van der Waals surface area contributed by atoms with E-state index in [0.29, 0.717) is 31.6 Å². The first-order valence-electron chi connectivity index (χ1n) is 13.7. The van der Waals surface area contributed by atoms with E-state index in [1.807, 2.05) is 51.1 Å². The van der Waals surface area contributed by atoms with Crippen LogP contribution in [0.2, 0.25) is 0 Å². The fourth-order valence-electron chi connectivity index (χ4n) is 5.05. The lowest BCUT2D eigenvalue weighted by atomic mass is 10.0. The van der Waals surface area contributed by atoms with Gasteiger partial charge < -0.3 is 9.80 Å². The minimum Gasteiger partial charge on any atom is -0.336 e. The van der Waals surface area contributed by atoms with Gasteiger partial charge >= 0.3 is 0 Å². The molecule has 7 nitrogen and oxygen atoms in total. The van der Waals surface area contributed by atoms with Crippen molar-refractivity contribution in [1.82, 2.24) is 24.6 Å². The van der Waals surface area contributed by atoms with Gasteiger partial charge in [0.15, 0.2) is 0 Å². The molecule has 1 unspecified atom stereocenters. The largest absolute Gasteiger partial charge is 0.336 e. The van der Waals surface area contributed by atoms with Crippen molar-refractivity contribution in [2.45, 2.75) is 78.2 Å². The molecule has 3 heterocycles. The van der Waals surface area contributed by atoms with E-state index in [4.69, 9.17) is 4.98 Å². The summed E-state index contributed by atoms with van der Waals surface area (Å²) in [6, 6.07) is 8.06. The van der Waals surface area contributed by atoms with Crippen LogP contribution in [0, 0.1) is 0 Å². The van der Waals surface area contributed by atoms with Gasteiger partial charge in [-0.2, -0.15) is 5.10 Å². The van der Waals surface area contributed by atoms with Gasteiger partial charge in [-0.1, -0.05) is 74.5 Å². The van der Waals surface area contributed by atoms with Gasteiger partial charge in [0.1, 0.15) is 0 Å². The average Bonchev–Trinajstić information content (AvgIpc) is 3.56. The molecule has 0 spiro atoms. The second kappa shape index (κ2) is 13.0. The Morgan fingerprint density at radius 1 is 1.11 bits per heavy atom. The van der Waals surface area contributed by atoms with E-state index >= 15 is 0 Å². The maximum atomic E-state index is 13.7. The van der Waals surface area contributed by atoms with Crippen LogP contribution in [0.15, 0.2) is 40.3 Å². The molecule has 1 saturated heterocycles. The van der Waals surface area contributed by atoms with Crippen molar-refractivity contribution in [2.75, 3.05) is 19.6 Å². The number of hydrogen-bond donors (Lipinski definition) is 0. The SMILES string of the molecule is CCCCCCCC(=O)N1CCN(C(=O)c2cnn(-c3nc(-c4ccc(Br)cc4)cs3)c2C(C)C)CC1C. The van der Waals surface area contributed by atoms with Gasteiger partial charge in [-0.05, 0) is 31.4 Å². The van der Waals surface area contributed by atoms with E-state index in [1.165, 1.54) is 30.6 Å². The van der Waals surface area contributed by atoms with E-state index in [1.54, 1.807) is 6.20 Å². The van der Waals surface area contributed by atoms with Crippen molar-refractivity contribution in [2.24, 2.45) is 0 Å². The van der Waals surface area contributed by atoms with Crippen LogP contribution in [0.3, 0.4) is 0 Å². The number of unbranched alkanes of at least 4 members (excludes halogenated alkanes) is 4. The van der Waals surface area contributed by atoms with E-state index in [9.17, 15) is 9.59 Å². The van der Waals surface area contributed by atoms with Crippen molar-refractivity contribution >= 4 is 39.1 Å². The normalized spacial score (nSPS) is 15.9. The van der Waals surface area contributed by atoms with E-state index < -0.39 is 0 Å². The molecule has 1 aliphatic rings. The third-order valence-corrected chi connectivity index (χ3v) is 8.47. The predicted molar refractivity (Wildman–Crippen MR) is 157 cm³/mol. The summed E-state index contributed by atoms with van der Waals surface area (Å²) < 4.78 is 2.84. The number of rotatable bonds is 10. The van der Waals surface area contributed by atoms with Crippen LogP contribution < -0.4 is 0 Å². The highest BCUT2D eigenvalue weighted by Gasteiger charge is 2.32. The number of amides is 2. The molecule has 9 heteroatoms. The molecule has 204 valence electrons. The monoisotopic (exact) mass is 599 g/mol. The summed E-state index contributed by atoms with van der Waals surface area (Å²) in [5.74, 6) is 0.273. The first-order chi connectivity index (χ1) is 18.3. The fourth-order valence-corrected chi connectivity index (χ4v) is 6.12. The second-order valence-electron chi connectivity index (χ2n) is 10.4. The van der Waals surface area contributed by atoms with E-state index in [0.717, 1.165) is 39.4 Å². The Balaban J connectivity index is 1.45. The number of nitrogens with zero attached hydrogens (tertiary/aromatic N) is 5. The summed E-state index contributed by atoms with van der Waals surface area (Å²) in [5.41, 5.74) is 3.40. The zero-order valence-corrected chi connectivity index (χ0v) is 25.2. The quantitative estimate of drug-likeness (QED) is 0.237. The number of carbonyl (C=O) groups excluding carboxylic acids is 2. The molecule has 1 aliphatic heterocycles.